The number of sulfonamides is 1. The molecule has 0 saturated heterocycles. The first-order valence-corrected chi connectivity index (χ1v) is 9.42. The molecule has 0 bridgehead atoms. The van der Waals surface area contributed by atoms with E-state index in [2.05, 4.69) is 10.0 Å². The molecule has 0 radical (unpaired) electrons. The molecule has 0 unspecified atom stereocenters. The van der Waals surface area contributed by atoms with Gasteiger partial charge >= 0.3 is 0 Å². The first-order valence-electron chi connectivity index (χ1n) is 7.94. The van der Waals surface area contributed by atoms with Gasteiger partial charge in [0.2, 0.25) is 10.0 Å². The Morgan fingerprint density at radius 2 is 1.92 bits per heavy atom. The number of carbonyl (C=O) groups is 1. The fourth-order valence-electron chi connectivity index (χ4n) is 2.33. The summed E-state index contributed by atoms with van der Waals surface area (Å²) in [6.07, 6.45) is 0. The van der Waals surface area contributed by atoms with Crippen LogP contribution >= 0.6 is 0 Å². The number of rotatable bonds is 7. The van der Waals surface area contributed by atoms with Crippen molar-refractivity contribution in [1.82, 2.24) is 4.72 Å². The number of benzene rings is 2. The maximum absolute atomic E-state index is 14.0. The summed E-state index contributed by atoms with van der Waals surface area (Å²) in [6.45, 7) is 3.64. The standard InChI is InChI=1S/C18H21FN2O4S/c1-12(2)21-26(23,24)17-10-14(7-8-16(17)19)18(22)20-15-6-4-5-13(9-15)11-25-3/h4-10,12,21H,11H2,1-3H3,(H,20,22). The van der Waals surface area contributed by atoms with Crippen LogP contribution in [0.1, 0.15) is 29.8 Å². The van der Waals surface area contributed by atoms with Gasteiger partial charge in [-0.3, -0.25) is 4.79 Å². The Bertz CT molecular complexity index is 898. The van der Waals surface area contributed by atoms with Crippen LogP contribution in [0, 0.1) is 5.82 Å². The average molecular weight is 380 g/mol. The van der Waals surface area contributed by atoms with Gasteiger partial charge in [-0.1, -0.05) is 12.1 Å². The summed E-state index contributed by atoms with van der Waals surface area (Å²) in [4.78, 5) is 11.9. The van der Waals surface area contributed by atoms with Gasteiger partial charge in [0.15, 0.2) is 0 Å². The molecule has 6 nitrogen and oxygen atoms in total. The highest BCUT2D eigenvalue weighted by Gasteiger charge is 2.22. The lowest BCUT2D eigenvalue weighted by molar-refractivity contribution is 0.102. The van der Waals surface area contributed by atoms with Crippen molar-refractivity contribution in [3.8, 4) is 0 Å². The zero-order valence-electron chi connectivity index (χ0n) is 14.7. The van der Waals surface area contributed by atoms with Crippen molar-refractivity contribution in [3.63, 3.8) is 0 Å². The maximum Gasteiger partial charge on any atom is 0.255 e. The zero-order valence-corrected chi connectivity index (χ0v) is 15.6. The Morgan fingerprint density at radius 3 is 2.58 bits per heavy atom. The monoisotopic (exact) mass is 380 g/mol. The fraction of sp³-hybridized carbons (Fsp3) is 0.278. The van der Waals surface area contributed by atoms with Crippen LogP contribution in [0.4, 0.5) is 10.1 Å². The normalized spacial score (nSPS) is 11.6. The van der Waals surface area contributed by atoms with Gasteiger partial charge < -0.3 is 10.1 Å². The van der Waals surface area contributed by atoms with Crippen molar-refractivity contribution in [3.05, 3.63) is 59.4 Å². The van der Waals surface area contributed by atoms with E-state index in [-0.39, 0.29) is 5.56 Å². The molecule has 0 heterocycles. The maximum atomic E-state index is 14.0. The number of methoxy groups -OCH3 is 1. The minimum atomic E-state index is -4.05. The highest BCUT2D eigenvalue weighted by Crippen LogP contribution is 2.19. The number of carbonyl (C=O) groups excluding carboxylic acids is 1. The summed E-state index contributed by atoms with van der Waals surface area (Å²) in [5.74, 6) is -1.46. The largest absolute Gasteiger partial charge is 0.380 e. The summed E-state index contributed by atoms with van der Waals surface area (Å²) < 4.78 is 45.8. The molecule has 0 aliphatic heterocycles. The molecule has 0 aliphatic rings. The number of anilines is 1. The summed E-state index contributed by atoms with van der Waals surface area (Å²) >= 11 is 0. The van der Waals surface area contributed by atoms with E-state index >= 15 is 0 Å². The second-order valence-corrected chi connectivity index (χ2v) is 7.69. The molecule has 26 heavy (non-hydrogen) atoms. The van der Waals surface area contributed by atoms with Crippen LogP contribution in [-0.4, -0.2) is 27.5 Å². The van der Waals surface area contributed by atoms with Crippen LogP contribution in [0.3, 0.4) is 0 Å². The molecule has 0 spiro atoms. The van der Waals surface area contributed by atoms with Crippen molar-refractivity contribution in [2.75, 3.05) is 12.4 Å². The van der Waals surface area contributed by atoms with Crippen molar-refractivity contribution in [2.24, 2.45) is 0 Å². The summed E-state index contributed by atoms with van der Waals surface area (Å²) in [5, 5.41) is 2.66. The van der Waals surface area contributed by atoms with Crippen LogP contribution in [-0.2, 0) is 21.4 Å². The Morgan fingerprint density at radius 1 is 1.19 bits per heavy atom. The molecule has 140 valence electrons. The van der Waals surface area contributed by atoms with Gasteiger partial charge in [-0.15, -0.1) is 0 Å². The first-order chi connectivity index (χ1) is 12.2. The Kier molecular flexibility index (Phi) is 6.47. The fourth-order valence-corrected chi connectivity index (χ4v) is 3.69. The number of hydrogen-bond donors (Lipinski definition) is 2. The molecular weight excluding hydrogens is 359 g/mol. The summed E-state index contributed by atoms with van der Waals surface area (Å²) in [5.41, 5.74) is 1.43. The van der Waals surface area contributed by atoms with Crippen LogP contribution in [0.25, 0.3) is 0 Å². The Labute approximate surface area is 152 Å². The van der Waals surface area contributed by atoms with E-state index in [0.29, 0.717) is 12.3 Å². The zero-order chi connectivity index (χ0) is 19.3. The van der Waals surface area contributed by atoms with Gasteiger partial charge in [0, 0.05) is 24.4 Å². The van der Waals surface area contributed by atoms with Crippen molar-refractivity contribution in [2.45, 2.75) is 31.4 Å². The quantitative estimate of drug-likeness (QED) is 0.774. The van der Waals surface area contributed by atoms with Crippen LogP contribution in [0.5, 0.6) is 0 Å². The van der Waals surface area contributed by atoms with E-state index in [1.165, 1.54) is 6.07 Å². The second-order valence-electron chi connectivity index (χ2n) is 6.01. The first kappa shape index (κ1) is 20.0. The van der Waals surface area contributed by atoms with E-state index in [1.54, 1.807) is 39.2 Å². The molecule has 0 aromatic heterocycles. The summed E-state index contributed by atoms with van der Waals surface area (Å²) in [6, 6.07) is 9.86. The topological polar surface area (TPSA) is 84.5 Å². The van der Waals surface area contributed by atoms with Gasteiger partial charge in [0.25, 0.3) is 5.91 Å². The number of halogens is 1. The third kappa shape index (κ3) is 5.10. The molecule has 2 N–H and O–H groups in total. The lowest BCUT2D eigenvalue weighted by Crippen LogP contribution is -2.31. The minimum absolute atomic E-state index is 0.0349. The molecule has 2 aromatic rings. The highest BCUT2D eigenvalue weighted by molar-refractivity contribution is 7.89. The SMILES string of the molecule is COCc1cccc(NC(=O)c2ccc(F)c(S(=O)(=O)NC(C)C)c2)c1. The molecule has 2 rings (SSSR count). The van der Waals surface area contributed by atoms with Gasteiger partial charge in [-0.05, 0) is 49.7 Å². The van der Waals surface area contributed by atoms with Gasteiger partial charge in [0.05, 0.1) is 6.61 Å². The Balaban J connectivity index is 2.27. The van der Waals surface area contributed by atoms with Gasteiger partial charge in [-0.2, -0.15) is 0 Å². The van der Waals surface area contributed by atoms with Crippen molar-refractivity contribution in [1.29, 1.82) is 0 Å². The lowest BCUT2D eigenvalue weighted by Gasteiger charge is -2.12. The molecular formula is C18H21FN2O4S. The smallest absolute Gasteiger partial charge is 0.255 e. The number of ether oxygens (including phenoxy) is 1. The highest BCUT2D eigenvalue weighted by atomic mass is 32.2. The van der Waals surface area contributed by atoms with E-state index < -0.39 is 32.7 Å². The molecule has 0 atom stereocenters. The number of amides is 1. The molecule has 8 heteroatoms. The molecule has 0 saturated carbocycles. The lowest BCUT2D eigenvalue weighted by atomic mass is 10.2. The molecule has 0 aliphatic carbocycles. The second kappa shape index (κ2) is 8.39. The number of hydrogen-bond acceptors (Lipinski definition) is 4. The molecule has 1 amide bonds. The van der Waals surface area contributed by atoms with Crippen LogP contribution in [0.15, 0.2) is 47.4 Å². The molecule has 2 aromatic carbocycles. The summed E-state index contributed by atoms with van der Waals surface area (Å²) in [7, 11) is -2.49. The minimum Gasteiger partial charge on any atom is -0.380 e. The van der Waals surface area contributed by atoms with Crippen molar-refractivity contribution >= 4 is 21.6 Å². The van der Waals surface area contributed by atoms with Crippen LogP contribution in [0.2, 0.25) is 0 Å². The van der Waals surface area contributed by atoms with E-state index in [9.17, 15) is 17.6 Å². The number of nitrogens with one attached hydrogen (secondary N) is 2. The third-order valence-corrected chi connectivity index (χ3v) is 5.04. The van der Waals surface area contributed by atoms with Crippen LogP contribution < -0.4 is 10.0 Å². The van der Waals surface area contributed by atoms with Gasteiger partial charge in [-0.25, -0.2) is 17.5 Å². The molecule has 0 fully saturated rings. The van der Waals surface area contributed by atoms with E-state index in [4.69, 9.17) is 4.74 Å². The van der Waals surface area contributed by atoms with E-state index in [0.717, 1.165) is 17.7 Å². The van der Waals surface area contributed by atoms with E-state index in [1.807, 2.05) is 6.07 Å². The van der Waals surface area contributed by atoms with Gasteiger partial charge in [0.1, 0.15) is 10.7 Å². The Hall–Kier alpha value is -2.29. The predicted octanol–water partition coefficient (Wildman–Crippen LogP) is 2.91. The van der Waals surface area contributed by atoms with Crippen molar-refractivity contribution < 1.29 is 22.3 Å². The predicted molar refractivity (Wildman–Crippen MR) is 97.0 cm³/mol. The third-order valence-electron chi connectivity index (χ3n) is 3.37. The average Bonchev–Trinajstić information content (AvgIpc) is 2.54.